The second-order valence-electron chi connectivity index (χ2n) is 5.17. The SMILES string of the molecule is COC1CC(Nc2ccc(N3CCOCC3)nc2)C1. The lowest BCUT2D eigenvalue weighted by Gasteiger charge is -2.35. The molecular weight excluding hydrogens is 242 g/mol. The summed E-state index contributed by atoms with van der Waals surface area (Å²) in [4.78, 5) is 6.79. The summed E-state index contributed by atoms with van der Waals surface area (Å²) < 4.78 is 10.6. The van der Waals surface area contributed by atoms with Gasteiger partial charge in [0.1, 0.15) is 5.82 Å². The fraction of sp³-hybridized carbons (Fsp3) is 0.643. The maximum absolute atomic E-state index is 5.35. The molecule has 0 radical (unpaired) electrons. The zero-order valence-electron chi connectivity index (χ0n) is 11.3. The molecule has 0 atom stereocenters. The van der Waals surface area contributed by atoms with E-state index in [1.165, 1.54) is 0 Å². The van der Waals surface area contributed by atoms with Crippen molar-refractivity contribution in [3.05, 3.63) is 18.3 Å². The lowest BCUT2D eigenvalue weighted by atomic mass is 9.89. The van der Waals surface area contributed by atoms with E-state index < -0.39 is 0 Å². The molecule has 1 saturated carbocycles. The number of rotatable bonds is 4. The number of ether oxygens (including phenoxy) is 2. The Balaban J connectivity index is 1.54. The first-order chi connectivity index (χ1) is 9.35. The Labute approximate surface area is 113 Å². The molecule has 0 unspecified atom stereocenters. The molecule has 1 aromatic rings. The topological polar surface area (TPSA) is 46.6 Å². The van der Waals surface area contributed by atoms with Gasteiger partial charge in [0.05, 0.1) is 31.2 Å². The number of pyridine rings is 1. The fourth-order valence-corrected chi connectivity index (χ4v) is 2.56. The molecule has 1 aliphatic heterocycles. The monoisotopic (exact) mass is 263 g/mol. The average Bonchev–Trinajstić information content (AvgIpc) is 2.44. The highest BCUT2D eigenvalue weighted by atomic mass is 16.5. The molecule has 1 aromatic heterocycles. The fourth-order valence-electron chi connectivity index (χ4n) is 2.56. The number of aromatic nitrogens is 1. The van der Waals surface area contributed by atoms with E-state index in [4.69, 9.17) is 9.47 Å². The number of nitrogens with zero attached hydrogens (tertiary/aromatic N) is 2. The molecule has 2 aliphatic rings. The van der Waals surface area contributed by atoms with Crippen molar-refractivity contribution >= 4 is 11.5 Å². The molecule has 0 bridgehead atoms. The van der Waals surface area contributed by atoms with Crippen molar-refractivity contribution in [2.75, 3.05) is 43.6 Å². The normalized spacial score (nSPS) is 26.9. The summed E-state index contributed by atoms with van der Waals surface area (Å²) in [6.07, 6.45) is 4.52. The minimum atomic E-state index is 0.429. The van der Waals surface area contributed by atoms with E-state index in [-0.39, 0.29) is 0 Å². The van der Waals surface area contributed by atoms with E-state index in [1.807, 2.05) is 6.20 Å². The predicted octanol–water partition coefficient (Wildman–Crippen LogP) is 1.51. The van der Waals surface area contributed by atoms with Gasteiger partial charge in [-0.3, -0.25) is 0 Å². The van der Waals surface area contributed by atoms with Crippen LogP contribution in [0.2, 0.25) is 0 Å². The van der Waals surface area contributed by atoms with Crippen LogP contribution in [0.25, 0.3) is 0 Å². The van der Waals surface area contributed by atoms with Crippen molar-refractivity contribution in [3.63, 3.8) is 0 Å². The van der Waals surface area contributed by atoms with Crippen LogP contribution in [0.5, 0.6) is 0 Å². The largest absolute Gasteiger partial charge is 0.381 e. The standard InChI is InChI=1S/C14H21N3O2/c1-18-13-8-12(9-13)16-11-2-3-14(15-10-11)17-4-6-19-7-5-17/h2-3,10,12-13,16H,4-9H2,1H3. The lowest BCUT2D eigenvalue weighted by Crippen LogP contribution is -2.40. The van der Waals surface area contributed by atoms with Crippen molar-refractivity contribution in [2.24, 2.45) is 0 Å². The van der Waals surface area contributed by atoms with Gasteiger partial charge in [-0.1, -0.05) is 0 Å². The molecule has 1 aliphatic carbocycles. The van der Waals surface area contributed by atoms with Crippen molar-refractivity contribution in [1.82, 2.24) is 4.98 Å². The summed E-state index contributed by atoms with van der Waals surface area (Å²) in [7, 11) is 1.78. The molecule has 1 N–H and O–H groups in total. The Morgan fingerprint density at radius 1 is 1.32 bits per heavy atom. The van der Waals surface area contributed by atoms with Gasteiger partial charge in [0.25, 0.3) is 0 Å². The van der Waals surface area contributed by atoms with Gasteiger partial charge in [0, 0.05) is 26.2 Å². The van der Waals surface area contributed by atoms with Crippen LogP contribution >= 0.6 is 0 Å². The minimum Gasteiger partial charge on any atom is -0.381 e. The number of hydrogen-bond acceptors (Lipinski definition) is 5. The molecule has 2 fully saturated rings. The maximum atomic E-state index is 5.35. The summed E-state index contributed by atoms with van der Waals surface area (Å²) in [5.74, 6) is 1.04. The van der Waals surface area contributed by atoms with Gasteiger partial charge in [-0.15, -0.1) is 0 Å². The van der Waals surface area contributed by atoms with E-state index in [1.54, 1.807) is 7.11 Å². The Kier molecular flexibility index (Phi) is 3.84. The third-order valence-corrected chi connectivity index (χ3v) is 3.88. The quantitative estimate of drug-likeness (QED) is 0.892. The Morgan fingerprint density at radius 2 is 2.11 bits per heavy atom. The maximum Gasteiger partial charge on any atom is 0.128 e. The first kappa shape index (κ1) is 12.7. The van der Waals surface area contributed by atoms with Gasteiger partial charge >= 0.3 is 0 Å². The van der Waals surface area contributed by atoms with Gasteiger partial charge in [-0.2, -0.15) is 0 Å². The third-order valence-electron chi connectivity index (χ3n) is 3.88. The van der Waals surface area contributed by atoms with Crippen molar-refractivity contribution in [1.29, 1.82) is 0 Å². The van der Waals surface area contributed by atoms with Crippen LogP contribution in [0.1, 0.15) is 12.8 Å². The average molecular weight is 263 g/mol. The van der Waals surface area contributed by atoms with Gasteiger partial charge < -0.3 is 19.7 Å². The summed E-state index contributed by atoms with van der Waals surface area (Å²) in [5, 5.41) is 3.49. The van der Waals surface area contributed by atoms with Crippen LogP contribution in [0.4, 0.5) is 11.5 Å². The molecule has 0 spiro atoms. The van der Waals surface area contributed by atoms with Crippen LogP contribution < -0.4 is 10.2 Å². The zero-order valence-corrected chi connectivity index (χ0v) is 11.3. The lowest BCUT2D eigenvalue weighted by molar-refractivity contribution is 0.0328. The summed E-state index contributed by atoms with van der Waals surface area (Å²) in [6.45, 7) is 3.44. The van der Waals surface area contributed by atoms with Gasteiger partial charge in [-0.25, -0.2) is 4.98 Å². The molecular formula is C14H21N3O2. The highest BCUT2D eigenvalue weighted by Crippen LogP contribution is 2.26. The molecule has 1 saturated heterocycles. The summed E-state index contributed by atoms with van der Waals surface area (Å²) in [6, 6.07) is 4.72. The second-order valence-corrected chi connectivity index (χ2v) is 5.17. The number of anilines is 2. The van der Waals surface area contributed by atoms with Crippen molar-refractivity contribution < 1.29 is 9.47 Å². The van der Waals surface area contributed by atoms with Crippen LogP contribution in [0.3, 0.4) is 0 Å². The number of morpholine rings is 1. The van der Waals surface area contributed by atoms with Gasteiger partial charge in [0.2, 0.25) is 0 Å². The first-order valence-corrected chi connectivity index (χ1v) is 6.93. The number of nitrogens with one attached hydrogen (secondary N) is 1. The number of methoxy groups -OCH3 is 1. The molecule has 19 heavy (non-hydrogen) atoms. The zero-order chi connectivity index (χ0) is 13.1. The van der Waals surface area contributed by atoms with Crippen LogP contribution in [0.15, 0.2) is 18.3 Å². The second kappa shape index (κ2) is 5.75. The van der Waals surface area contributed by atoms with E-state index in [0.29, 0.717) is 12.1 Å². The smallest absolute Gasteiger partial charge is 0.128 e. The van der Waals surface area contributed by atoms with E-state index in [0.717, 1.165) is 50.7 Å². The molecule has 0 amide bonds. The van der Waals surface area contributed by atoms with Crippen LogP contribution in [-0.2, 0) is 9.47 Å². The number of hydrogen-bond donors (Lipinski definition) is 1. The Morgan fingerprint density at radius 3 is 2.74 bits per heavy atom. The summed E-state index contributed by atoms with van der Waals surface area (Å²) >= 11 is 0. The molecule has 0 aromatic carbocycles. The highest BCUT2D eigenvalue weighted by Gasteiger charge is 2.28. The minimum absolute atomic E-state index is 0.429. The van der Waals surface area contributed by atoms with Gasteiger partial charge in [-0.05, 0) is 25.0 Å². The molecule has 5 heteroatoms. The van der Waals surface area contributed by atoms with E-state index in [2.05, 4.69) is 27.3 Å². The van der Waals surface area contributed by atoms with Gasteiger partial charge in [0.15, 0.2) is 0 Å². The first-order valence-electron chi connectivity index (χ1n) is 6.93. The summed E-state index contributed by atoms with van der Waals surface area (Å²) in [5.41, 5.74) is 1.09. The predicted molar refractivity (Wildman–Crippen MR) is 74.7 cm³/mol. The van der Waals surface area contributed by atoms with Crippen LogP contribution in [-0.4, -0.2) is 50.5 Å². The highest BCUT2D eigenvalue weighted by molar-refractivity contribution is 5.49. The Hall–Kier alpha value is -1.33. The van der Waals surface area contributed by atoms with Crippen molar-refractivity contribution in [2.45, 2.75) is 25.0 Å². The van der Waals surface area contributed by atoms with E-state index in [9.17, 15) is 0 Å². The molecule has 2 heterocycles. The Bertz CT molecular complexity index is 398. The van der Waals surface area contributed by atoms with Crippen molar-refractivity contribution in [3.8, 4) is 0 Å². The third kappa shape index (κ3) is 2.98. The molecule has 104 valence electrons. The molecule has 3 rings (SSSR count). The molecule has 5 nitrogen and oxygen atoms in total. The van der Waals surface area contributed by atoms with E-state index >= 15 is 0 Å². The van der Waals surface area contributed by atoms with Crippen LogP contribution in [0, 0.1) is 0 Å².